The van der Waals surface area contributed by atoms with E-state index in [1.807, 2.05) is 0 Å². The van der Waals surface area contributed by atoms with Gasteiger partial charge in [-0.1, -0.05) is 6.07 Å². The number of amides is 3. The van der Waals surface area contributed by atoms with Gasteiger partial charge in [-0.15, -0.1) is 23.1 Å². The number of carbonyl (C=O) groups is 4. The highest BCUT2D eigenvalue weighted by Crippen LogP contribution is 2.40. The summed E-state index contributed by atoms with van der Waals surface area (Å²) in [6.07, 6.45) is 1.77. The van der Waals surface area contributed by atoms with Crippen molar-refractivity contribution in [2.45, 2.75) is 24.1 Å². The Bertz CT molecular complexity index is 1120. The second-order valence-corrected chi connectivity index (χ2v) is 9.26. The van der Waals surface area contributed by atoms with Gasteiger partial charge in [0.1, 0.15) is 11.4 Å². The first-order valence-corrected chi connectivity index (χ1v) is 11.4. The predicted molar refractivity (Wildman–Crippen MR) is 111 cm³/mol. The van der Waals surface area contributed by atoms with E-state index in [9.17, 15) is 29.4 Å². The van der Waals surface area contributed by atoms with Crippen LogP contribution in [0.15, 0.2) is 53.3 Å². The van der Waals surface area contributed by atoms with Gasteiger partial charge in [0.15, 0.2) is 25.0 Å². The Balaban J connectivity index is 1.50. The van der Waals surface area contributed by atoms with Gasteiger partial charge >= 0.3 is 0 Å². The van der Waals surface area contributed by atoms with Gasteiger partial charge in [0.25, 0.3) is 11.8 Å². The van der Waals surface area contributed by atoms with E-state index in [1.165, 1.54) is 35.2 Å². The normalized spacial score (nSPS) is 20.9. The van der Waals surface area contributed by atoms with Crippen molar-refractivity contribution in [1.29, 1.82) is 0 Å². The molecule has 32 heavy (non-hydrogen) atoms. The molecule has 0 unspecified atom stereocenters. The minimum atomic E-state index is -1.49. The van der Waals surface area contributed by atoms with E-state index in [1.54, 1.807) is 34.5 Å². The second-order valence-electron chi connectivity index (χ2n) is 7.18. The molecule has 2 aliphatic heterocycles. The fourth-order valence-corrected chi connectivity index (χ4v) is 5.59. The molecule has 0 radical (unpaired) electrons. The van der Waals surface area contributed by atoms with Crippen LogP contribution in [-0.4, -0.2) is 50.9 Å². The van der Waals surface area contributed by atoms with Gasteiger partial charge in [0.05, 0.1) is 17.2 Å². The van der Waals surface area contributed by atoms with E-state index in [0.29, 0.717) is 21.8 Å². The average Bonchev–Trinajstić information content (AvgIpc) is 3.31. The molecule has 4 heterocycles. The van der Waals surface area contributed by atoms with Gasteiger partial charge in [-0.25, -0.2) is 4.57 Å². The molecule has 0 spiro atoms. The number of hydrogen-bond donors (Lipinski definition) is 3. The topological polar surface area (TPSA) is 157 Å². The molecule has 0 aliphatic carbocycles. The number of thioether (sulfide) groups is 1. The summed E-state index contributed by atoms with van der Waals surface area (Å²) in [6.45, 7) is 0.167. The first-order valence-electron chi connectivity index (χ1n) is 9.46. The summed E-state index contributed by atoms with van der Waals surface area (Å²) in [6, 6.07) is 5.39. The zero-order valence-electron chi connectivity index (χ0n) is 16.5. The van der Waals surface area contributed by atoms with Crippen LogP contribution in [0.2, 0.25) is 0 Å². The number of aliphatic hydroxyl groups excluding tert-OH is 1. The SMILES string of the molecule is NC(=O)c1cc[n+](CC2=C(C(=O)[O-])N3C(=O)[C@@H](NC(=O)[C@@H](O)c4cccs4)[C@H]3SC2)cc1. The number of aromatic nitrogens is 1. The molecule has 2 aromatic rings. The van der Waals surface area contributed by atoms with Crippen LogP contribution >= 0.6 is 23.1 Å². The number of carboxylic acids is 1. The summed E-state index contributed by atoms with van der Waals surface area (Å²) in [7, 11) is 0. The maximum atomic E-state index is 12.7. The lowest BCUT2D eigenvalue weighted by Crippen LogP contribution is -2.71. The van der Waals surface area contributed by atoms with Crippen LogP contribution in [0, 0.1) is 0 Å². The fraction of sp³-hybridized carbons (Fsp3) is 0.250. The van der Waals surface area contributed by atoms with E-state index in [4.69, 9.17) is 5.73 Å². The zero-order chi connectivity index (χ0) is 23.0. The zero-order valence-corrected chi connectivity index (χ0v) is 18.1. The monoisotopic (exact) mass is 474 g/mol. The van der Waals surface area contributed by atoms with Crippen LogP contribution in [-0.2, 0) is 20.9 Å². The Kier molecular flexibility index (Phi) is 6.00. The first kappa shape index (κ1) is 22.0. The molecular weight excluding hydrogens is 456 g/mol. The molecule has 0 bridgehead atoms. The number of rotatable bonds is 7. The summed E-state index contributed by atoms with van der Waals surface area (Å²) in [5, 5.41) is 25.6. The van der Waals surface area contributed by atoms with Crippen LogP contribution < -0.4 is 20.7 Å². The van der Waals surface area contributed by atoms with Crippen molar-refractivity contribution < 1.29 is 34.0 Å². The molecule has 2 aromatic heterocycles. The van der Waals surface area contributed by atoms with Gasteiger partial charge in [-0.3, -0.25) is 19.3 Å². The highest BCUT2D eigenvalue weighted by atomic mass is 32.2. The number of hydrogen-bond acceptors (Lipinski definition) is 8. The van der Waals surface area contributed by atoms with Gasteiger partial charge in [0.2, 0.25) is 5.91 Å². The van der Waals surface area contributed by atoms with Crippen LogP contribution in [0.1, 0.15) is 21.3 Å². The van der Waals surface area contributed by atoms with Crippen molar-refractivity contribution in [2.24, 2.45) is 5.73 Å². The molecule has 0 aromatic carbocycles. The second kappa shape index (κ2) is 8.73. The summed E-state index contributed by atoms with van der Waals surface area (Å²) in [4.78, 5) is 49.7. The number of thiophene rings is 1. The number of carbonyl (C=O) groups excluding carboxylic acids is 4. The molecule has 1 fully saturated rings. The quantitative estimate of drug-likeness (QED) is 0.318. The van der Waals surface area contributed by atoms with Crippen LogP contribution in [0.25, 0.3) is 0 Å². The minimum absolute atomic E-state index is 0.167. The molecule has 4 N–H and O–H groups in total. The molecule has 3 amide bonds. The number of β-lactam (4-membered cyclic amide) rings is 1. The number of fused-ring (bicyclic) bond motifs is 1. The largest absolute Gasteiger partial charge is 0.543 e. The van der Waals surface area contributed by atoms with Gasteiger partial charge in [-0.05, 0) is 11.4 Å². The maximum Gasteiger partial charge on any atom is 0.255 e. The van der Waals surface area contributed by atoms with Crippen molar-refractivity contribution in [1.82, 2.24) is 10.2 Å². The molecule has 4 rings (SSSR count). The van der Waals surface area contributed by atoms with Crippen LogP contribution in [0.5, 0.6) is 0 Å². The van der Waals surface area contributed by atoms with Gasteiger partial charge in [-0.2, -0.15) is 0 Å². The number of primary amides is 1. The number of nitrogens with zero attached hydrogens (tertiary/aromatic N) is 2. The Morgan fingerprint density at radius 1 is 1.31 bits per heavy atom. The fourth-order valence-electron chi connectivity index (χ4n) is 3.55. The average molecular weight is 475 g/mol. The molecule has 2 aliphatic rings. The molecule has 12 heteroatoms. The number of carboxylic acid groups (broad SMARTS) is 1. The maximum absolute atomic E-state index is 12.7. The van der Waals surface area contributed by atoms with E-state index >= 15 is 0 Å². The number of aliphatic hydroxyl groups is 1. The van der Waals surface area contributed by atoms with Gasteiger partial charge in [0, 0.05) is 28.3 Å². The number of nitrogens with two attached hydrogens (primary N) is 1. The van der Waals surface area contributed by atoms with Crippen LogP contribution in [0.4, 0.5) is 0 Å². The number of aliphatic carboxylic acids is 1. The standard InChI is InChI=1S/C20H18N4O6S2/c21-16(26)10-3-5-23(6-4-10)8-11-9-32-19-13(18(28)24(19)14(11)20(29)30)22-17(27)15(25)12-2-1-7-31-12/h1-7,13,15,19,25H,8-9H2,(H3-,21,22,26,27,29,30)/t13-,15+,19-/m1/s1. The third kappa shape index (κ3) is 3.99. The first-order chi connectivity index (χ1) is 15.3. The Labute approximate surface area is 190 Å². The third-order valence-corrected chi connectivity index (χ3v) is 7.41. The summed E-state index contributed by atoms with van der Waals surface area (Å²) < 4.78 is 1.66. The lowest BCUT2D eigenvalue weighted by molar-refractivity contribution is -0.689. The van der Waals surface area contributed by atoms with E-state index in [0.717, 1.165) is 4.90 Å². The van der Waals surface area contributed by atoms with Crippen molar-refractivity contribution >= 4 is 46.8 Å². The van der Waals surface area contributed by atoms with E-state index in [2.05, 4.69) is 5.32 Å². The highest BCUT2D eigenvalue weighted by molar-refractivity contribution is 8.00. The lowest BCUT2D eigenvalue weighted by Gasteiger charge is -2.50. The van der Waals surface area contributed by atoms with Crippen molar-refractivity contribution in [2.75, 3.05) is 5.75 Å². The predicted octanol–water partition coefficient (Wildman–Crippen LogP) is -1.73. The molecule has 0 saturated carbocycles. The Morgan fingerprint density at radius 3 is 2.62 bits per heavy atom. The molecular formula is C20H18N4O6S2. The summed E-state index contributed by atoms with van der Waals surface area (Å²) in [5.74, 6) is -3.08. The highest BCUT2D eigenvalue weighted by Gasteiger charge is 2.53. The van der Waals surface area contributed by atoms with Crippen LogP contribution in [0.3, 0.4) is 0 Å². The number of nitrogens with one attached hydrogen (secondary N) is 1. The minimum Gasteiger partial charge on any atom is -0.543 e. The molecule has 166 valence electrons. The Hall–Kier alpha value is -3.22. The van der Waals surface area contributed by atoms with Crippen molar-refractivity contribution in [3.05, 3.63) is 63.7 Å². The number of pyridine rings is 1. The van der Waals surface area contributed by atoms with Gasteiger partial charge < -0.3 is 26.1 Å². The van der Waals surface area contributed by atoms with E-state index < -0.39 is 41.2 Å². The summed E-state index contributed by atoms with van der Waals surface area (Å²) >= 11 is 2.52. The lowest BCUT2D eigenvalue weighted by atomic mass is 10.0. The molecule has 3 atom stereocenters. The molecule has 10 nitrogen and oxygen atoms in total. The third-order valence-electron chi connectivity index (χ3n) is 5.15. The Morgan fingerprint density at radius 2 is 2.03 bits per heavy atom. The van der Waals surface area contributed by atoms with Crippen molar-refractivity contribution in [3.63, 3.8) is 0 Å². The smallest absolute Gasteiger partial charge is 0.255 e. The van der Waals surface area contributed by atoms with Crippen molar-refractivity contribution in [3.8, 4) is 0 Å². The van der Waals surface area contributed by atoms with E-state index in [-0.39, 0.29) is 12.2 Å². The summed E-state index contributed by atoms with van der Waals surface area (Å²) in [5.41, 5.74) is 5.77. The molecule has 1 saturated heterocycles.